The van der Waals surface area contributed by atoms with Gasteiger partial charge in [-0.25, -0.2) is 0 Å². The van der Waals surface area contributed by atoms with Crippen LogP contribution in [0.4, 0.5) is 0 Å². The lowest BCUT2D eigenvalue weighted by molar-refractivity contribution is -0.135. The summed E-state index contributed by atoms with van der Waals surface area (Å²) in [5, 5.41) is 2.84. The molecule has 0 aliphatic heterocycles. The fourth-order valence-corrected chi connectivity index (χ4v) is 1.60. The van der Waals surface area contributed by atoms with Gasteiger partial charge in [-0.05, 0) is 32.9 Å². The van der Waals surface area contributed by atoms with Crippen LogP contribution in [0.2, 0.25) is 0 Å². The van der Waals surface area contributed by atoms with Crippen molar-refractivity contribution in [3.05, 3.63) is 30.1 Å². The summed E-state index contributed by atoms with van der Waals surface area (Å²) in [6.07, 6.45) is 1.67. The Balaban J connectivity index is 2.64. The van der Waals surface area contributed by atoms with Crippen molar-refractivity contribution >= 4 is 11.8 Å². The smallest absolute Gasteiger partial charge is 0.240 e. The maximum absolute atomic E-state index is 11.8. The Morgan fingerprint density at radius 3 is 2.47 bits per heavy atom. The summed E-state index contributed by atoms with van der Waals surface area (Å²) in [5.74, 6) is -0.312. The summed E-state index contributed by atoms with van der Waals surface area (Å²) in [6.45, 7) is 7.55. The van der Waals surface area contributed by atoms with Gasteiger partial charge in [0.1, 0.15) is 0 Å². The van der Waals surface area contributed by atoms with Gasteiger partial charge in [-0.15, -0.1) is 0 Å². The molecule has 0 spiro atoms. The molecule has 0 saturated carbocycles. The van der Waals surface area contributed by atoms with Crippen LogP contribution in [-0.2, 0) is 16.1 Å². The number of carbonyl (C=O) groups excluding carboxylic acids is 2. The Labute approximate surface area is 114 Å². The van der Waals surface area contributed by atoms with E-state index in [0.717, 1.165) is 5.69 Å². The molecule has 0 bridgehead atoms. The number of hydrogen-bond donors (Lipinski definition) is 1. The van der Waals surface area contributed by atoms with Crippen LogP contribution in [0.3, 0.4) is 0 Å². The molecule has 0 radical (unpaired) electrons. The summed E-state index contributed by atoms with van der Waals surface area (Å²) < 4.78 is 0. The van der Waals surface area contributed by atoms with Gasteiger partial charge < -0.3 is 10.2 Å². The van der Waals surface area contributed by atoms with Gasteiger partial charge in [-0.2, -0.15) is 0 Å². The molecule has 1 N–H and O–H groups in total. The number of hydrogen-bond acceptors (Lipinski definition) is 3. The number of rotatable bonds is 4. The summed E-state index contributed by atoms with van der Waals surface area (Å²) in [5.41, 5.74) is 0.464. The van der Waals surface area contributed by atoms with Crippen LogP contribution in [0.15, 0.2) is 24.4 Å². The fraction of sp³-hybridized carbons (Fsp3) is 0.500. The first kappa shape index (κ1) is 15.1. The second-order valence-electron chi connectivity index (χ2n) is 5.49. The first-order chi connectivity index (χ1) is 8.78. The van der Waals surface area contributed by atoms with E-state index in [1.54, 1.807) is 6.20 Å². The van der Waals surface area contributed by atoms with E-state index in [0.29, 0.717) is 6.54 Å². The zero-order chi connectivity index (χ0) is 14.5. The second kappa shape index (κ2) is 6.31. The van der Waals surface area contributed by atoms with Gasteiger partial charge in [0.25, 0.3) is 0 Å². The zero-order valence-corrected chi connectivity index (χ0v) is 11.9. The molecule has 0 fully saturated rings. The average Bonchev–Trinajstić information content (AvgIpc) is 2.26. The lowest BCUT2D eigenvalue weighted by Gasteiger charge is -2.24. The first-order valence-corrected chi connectivity index (χ1v) is 6.24. The summed E-state index contributed by atoms with van der Waals surface area (Å²) in [7, 11) is 0. The Kier molecular flexibility index (Phi) is 5.03. The van der Waals surface area contributed by atoms with Gasteiger partial charge in [0, 0.05) is 18.7 Å². The highest BCUT2D eigenvalue weighted by atomic mass is 16.2. The molecular formula is C14H21N3O2. The zero-order valence-electron chi connectivity index (χ0n) is 11.9. The molecule has 19 heavy (non-hydrogen) atoms. The van der Waals surface area contributed by atoms with Crippen LogP contribution in [-0.4, -0.2) is 33.8 Å². The van der Waals surface area contributed by atoms with Gasteiger partial charge in [-0.1, -0.05) is 6.07 Å². The predicted octanol–water partition coefficient (Wildman–Crippen LogP) is 1.34. The quantitative estimate of drug-likeness (QED) is 0.891. The summed E-state index contributed by atoms with van der Waals surface area (Å²) in [6, 6.07) is 5.50. The molecule has 1 rings (SSSR count). The predicted molar refractivity (Wildman–Crippen MR) is 73.2 cm³/mol. The summed E-state index contributed by atoms with van der Waals surface area (Å²) >= 11 is 0. The van der Waals surface area contributed by atoms with Crippen LogP contribution in [0.1, 0.15) is 33.4 Å². The number of aromatic nitrogens is 1. The maximum Gasteiger partial charge on any atom is 0.240 e. The van der Waals surface area contributed by atoms with Crippen LogP contribution in [0, 0.1) is 0 Å². The number of carbonyl (C=O) groups is 2. The van der Waals surface area contributed by atoms with E-state index in [-0.39, 0.29) is 23.9 Å². The number of amides is 2. The topological polar surface area (TPSA) is 62.3 Å². The van der Waals surface area contributed by atoms with E-state index in [9.17, 15) is 9.59 Å². The van der Waals surface area contributed by atoms with Crippen molar-refractivity contribution in [1.82, 2.24) is 15.2 Å². The van der Waals surface area contributed by atoms with Crippen molar-refractivity contribution in [2.24, 2.45) is 0 Å². The average molecular weight is 263 g/mol. The minimum Gasteiger partial charge on any atom is -0.350 e. The van der Waals surface area contributed by atoms with Crippen molar-refractivity contribution < 1.29 is 9.59 Å². The Bertz CT molecular complexity index is 438. The standard InChI is InChI=1S/C14H21N3O2/c1-11(18)17(9-12-7-5-6-8-15-12)10-13(19)16-14(2,3)4/h5-8H,9-10H2,1-4H3,(H,16,19). The molecule has 0 saturated heterocycles. The molecule has 0 aliphatic rings. The van der Waals surface area contributed by atoms with Gasteiger partial charge in [0.2, 0.25) is 11.8 Å². The Morgan fingerprint density at radius 2 is 2.00 bits per heavy atom. The molecule has 1 aromatic rings. The van der Waals surface area contributed by atoms with Crippen LogP contribution in [0.25, 0.3) is 0 Å². The minimum absolute atomic E-state index is 0.0448. The molecule has 5 heteroatoms. The Morgan fingerprint density at radius 1 is 1.32 bits per heavy atom. The van der Waals surface area contributed by atoms with Crippen molar-refractivity contribution in [3.63, 3.8) is 0 Å². The van der Waals surface area contributed by atoms with Crippen molar-refractivity contribution in [3.8, 4) is 0 Å². The van der Waals surface area contributed by atoms with Crippen molar-refractivity contribution in [2.45, 2.75) is 39.8 Å². The molecule has 104 valence electrons. The fourth-order valence-electron chi connectivity index (χ4n) is 1.60. The third kappa shape index (κ3) is 5.99. The van der Waals surface area contributed by atoms with Crippen molar-refractivity contribution in [1.29, 1.82) is 0 Å². The summed E-state index contributed by atoms with van der Waals surface area (Å²) in [4.78, 5) is 29.0. The molecule has 0 atom stereocenters. The van der Waals surface area contributed by atoms with Gasteiger partial charge in [0.15, 0.2) is 0 Å². The second-order valence-corrected chi connectivity index (χ2v) is 5.49. The molecule has 2 amide bonds. The maximum atomic E-state index is 11.8. The highest BCUT2D eigenvalue weighted by Gasteiger charge is 2.18. The number of nitrogens with one attached hydrogen (secondary N) is 1. The lowest BCUT2D eigenvalue weighted by Crippen LogP contribution is -2.46. The van der Waals surface area contributed by atoms with E-state index in [2.05, 4.69) is 10.3 Å². The molecule has 0 aliphatic carbocycles. The SMILES string of the molecule is CC(=O)N(CC(=O)NC(C)(C)C)Cc1ccccn1. The first-order valence-electron chi connectivity index (χ1n) is 6.24. The van der Waals surface area contributed by atoms with Gasteiger partial charge in [-0.3, -0.25) is 14.6 Å². The van der Waals surface area contributed by atoms with E-state index in [1.807, 2.05) is 39.0 Å². The van der Waals surface area contributed by atoms with Crippen LogP contribution in [0.5, 0.6) is 0 Å². The van der Waals surface area contributed by atoms with E-state index < -0.39 is 0 Å². The van der Waals surface area contributed by atoms with E-state index in [4.69, 9.17) is 0 Å². The highest BCUT2D eigenvalue weighted by Crippen LogP contribution is 2.03. The van der Waals surface area contributed by atoms with Gasteiger partial charge >= 0.3 is 0 Å². The monoisotopic (exact) mass is 263 g/mol. The van der Waals surface area contributed by atoms with Crippen molar-refractivity contribution in [2.75, 3.05) is 6.54 Å². The van der Waals surface area contributed by atoms with E-state index >= 15 is 0 Å². The van der Waals surface area contributed by atoms with Crippen LogP contribution >= 0.6 is 0 Å². The molecule has 5 nitrogen and oxygen atoms in total. The molecule has 0 aromatic carbocycles. The largest absolute Gasteiger partial charge is 0.350 e. The van der Waals surface area contributed by atoms with Gasteiger partial charge in [0.05, 0.1) is 18.8 Å². The molecule has 1 aromatic heterocycles. The van der Waals surface area contributed by atoms with E-state index in [1.165, 1.54) is 11.8 Å². The third-order valence-corrected chi connectivity index (χ3v) is 2.37. The highest BCUT2D eigenvalue weighted by molar-refractivity contribution is 5.84. The molecular weight excluding hydrogens is 242 g/mol. The normalized spacial score (nSPS) is 10.9. The minimum atomic E-state index is -0.301. The Hall–Kier alpha value is -1.91. The number of pyridine rings is 1. The number of nitrogens with zero attached hydrogens (tertiary/aromatic N) is 2. The lowest BCUT2D eigenvalue weighted by atomic mass is 10.1. The third-order valence-electron chi connectivity index (χ3n) is 2.37. The molecule has 0 unspecified atom stereocenters. The molecule has 1 heterocycles. The van der Waals surface area contributed by atoms with Crippen LogP contribution < -0.4 is 5.32 Å².